The smallest absolute Gasteiger partial charge is 0.138 e. The van der Waals surface area contributed by atoms with Gasteiger partial charge in [0.05, 0.1) is 0 Å². The lowest BCUT2D eigenvalue weighted by atomic mass is 11.6. The number of hydrogen-bond acceptors (Lipinski definition) is 3. The van der Waals surface area contributed by atoms with Crippen LogP contribution in [0.25, 0.3) is 0 Å². The minimum absolute atomic E-state index is 0.949. The minimum Gasteiger partial charge on any atom is -0.138 e. The SMILES string of the molecule is Pc1nnc(I)s1. The standard InChI is InChI=1S/C2H2IN2PS/c3-1-4-5-2(6)7-1/h6H2. The fourth-order valence-electron chi connectivity index (χ4n) is 0.216. The molecule has 0 N–H and O–H groups in total. The largest absolute Gasteiger partial charge is 0.178 e. The van der Waals surface area contributed by atoms with Gasteiger partial charge in [-0.25, -0.2) is 0 Å². The molecule has 1 atom stereocenters. The van der Waals surface area contributed by atoms with Crippen molar-refractivity contribution >= 4 is 47.9 Å². The summed E-state index contributed by atoms with van der Waals surface area (Å²) in [5.41, 5.74) is 0. The van der Waals surface area contributed by atoms with Crippen molar-refractivity contribution in [2.45, 2.75) is 0 Å². The van der Waals surface area contributed by atoms with Gasteiger partial charge in [-0.2, -0.15) is 0 Å². The molecule has 0 aliphatic carbocycles. The molecule has 0 radical (unpaired) electrons. The van der Waals surface area contributed by atoms with Crippen LogP contribution in [0.4, 0.5) is 0 Å². The highest BCUT2D eigenvalue weighted by molar-refractivity contribution is 14.1. The molecule has 0 fully saturated rings. The van der Waals surface area contributed by atoms with Gasteiger partial charge in [0, 0.05) is 0 Å². The van der Waals surface area contributed by atoms with Gasteiger partial charge in [0.25, 0.3) is 0 Å². The van der Waals surface area contributed by atoms with Crippen molar-refractivity contribution < 1.29 is 0 Å². The first-order valence-electron chi connectivity index (χ1n) is 1.53. The van der Waals surface area contributed by atoms with E-state index in [1.807, 2.05) is 0 Å². The number of aromatic nitrogens is 2. The highest BCUT2D eigenvalue weighted by atomic mass is 127. The topological polar surface area (TPSA) is 25.8 Å². The first-order valence-corrected chi connectivity index (χ1v) is 4.01. The molecule has 0 saturated heterocycles. The van der Waals surface area contributed by atoms with Crippen molar-refractivity contribution in [1.82, 2.24) is 10.2 Å². The van der Waals surface area contributed by atoms with Gasteiger partial charge < -0.3 is 0 Å². The van der Waals surface area contributed by atoms with E-state index >= 15 is 0 Å². The molecular weight excluding hydrogens is 242 g/mol. The Morgan fingerprint density at radius 2 is 2.29 bits per heavy atom. The minimum atomic E-state index is 0.949. The summed E-state index contributed by atoms with van der Waals surface area (Å²) in [5, 5.41) is 7.49. The van der Waals surface area contributed by atoms with E-state index in [0.717, 1.165) is 7.76 Å². The lowest BCUT2D eigenvalue weighted by molar-refractivity contribution is 1.09. The number of halogens is 1. The fourth-order valence-corrected chi connectivity index (χ4v) is 2.45. The second-order valence-electron chi connectivity index (χ2n) is 0.893. The molecule has 1 rings (SSSR count). The van der Waals surface area contributed by atoms with Crippen LogP contribution in [-0.2, 0) is 0 Å². The number of nitrogens with zero attached hydrogens (tertiary/aromatic N) is 2. The summed E-state index contributed by atoms with van der Waals surface area (Å²) in [7, 11) is 2.49. The third-order valence-corrected chi connectivity index (χ3v) is 2.30. The van der Waals surface area contributed by atoms with Gasteiger partial charge in [0.15, 0.2) is 3.01 Å². The summed E-state index contributed by atoms with van der Waals surface area (Å²) >= 11 is 3.70. The maximum atomic E-state index is 3.75. The average Bonchev–Trinajstić information content (AvgIpc) is 1.87. The molecule has 1 heterocycles. The van der Waals surface area contributed by atoms with Crippen LogP contribution in [-0.4, -0.2) is 10.2 Å². The van der Waals surface area contributed by atoms with E-state index in [9.17, 15) is 0 Å². The van der Waals surface area contributed by atoms with E-state index in [2.05, 4.69) is 42.0 Å². The summed E-state index contributed by atoms with van der Waals surface area (Å²) in [6.07, 6.45) is 0. The predicted octanol–water partition coefficient (Wildman–Crippen LogP) is 0.643. The second-order valence-corrected chi connectivity index (χ2v) is 4.62. The number of rotatable bonds is 0. The molecule has 0 aromatic carbocycles. The third-order valence-electron chi connectivity index (χ3n) is 0.416. The molecule has 0 amide bonds. The molecule has 0 aliphatic heterocycles. The zero-order valence-corrected chi connectivity index (χ0v) is 7.39. The molecule has 0 spiro atoms. The van der Waals surface area contributed by atoms with Crippen LogP contribution >= 0.6 is 43.2 Å². The van der Waals surface area contributed by atoms with Crippen molar-refractivity contribution in [3.63, 3.8) is 0 Å². The van der Waals surface area contributed by atoms with Gasteiger partial charge >= 0.3 is 0 Å². The molecule has 1 aromatic heterocycles. The highest BCUT2D eigenvalue weighted by Gasteiger charge is 1.90. The summed E-state index contributed by atoms with van der Waals surface area (Å²) in [4.78, 5) is 0. The molecule has 0 saturated carbocycles. The molecule has 38 valence electrons. The Morgan fingerprint density at radius 3 is 2.43 bits per heavy atom. The maximum Gasteiger partial charge on any atom is 0.178 e. The molecular formula is C2H2IN2PS. The summed E-state index contributed by atoms with van der Waals surface area (Å²) in [5.74, 6) is 0. The lowest BCUT2D eigenvalue weighted by Gasteiger charge is -1.63. The van der Waals surface area contributed by atoms with Crippen LogP contribution in [0.15, 0.2) is 0 Å². The van der Waals surface area contributed by atoms with Crippen LogP contribution in [0.1, 0.15) is 0 Å². The Balaban J connectivity index is 3.04. The fraction of sp³-hybridized carbons (Fsp3) is 0. The molecule has 1 unspecified atom stereocenters. The van der Waals surface area contributed by atoms with E-state index in [1.54, 1.807) is 11.3 Å². The first kappa shape index (κ1) is 5.85. The maximum absolute atomic E-state index is 3.75. The second kappa shape index (κ2) is 2.33. The Bertz CT molecular complexity index is 148. The van der Waals surface area contributed by atoms with E-state index in [-0.39, 0.29) is 0 Å². The Hall–Kier alpha value is 0.720. The van der Waals surface area contributed by atoms with Crippen LogP contribution in [0.3, 0.4) is 0 Å². The van der Waals surface area contributed by atoms with Crippen LogP contribution in [0.2, 0.25) is 0 Å². The molecule has 7 heavy (non-hydrogen) atoms. The number of hydrogen-bond donors (Lipinski definition) is 0. The monoisotopic (exact) mass is 244 g/mol. The zero-order valence-electron chi connectivity index (χ0n) is 3.26. The van der Waals surface area contributed by atoms with Crippen molar-refractivity contribution in [3.05, 3.63) is 3.01 Å². The van der Waals surface area contributed by atoms with Gasteiger partial charge in [0.2, 0.25) is 0 Å². The normalized spacial score (nSPS) is 9.43. The van der Waals surface area contributed by atoms with Gasteiger partial charge in [-0.15, -0.1) is 10.2 Å². The Kier molecular flexibility index (Phi) is 1.94. The third kappa shape index (κ3) is 1.58. The first-order chi connectivity index (χ1) is 3.29. The van der Waals surface area contributed by atoms with E-state index in [1.165, 1.54) is 0 Å². The van der Waals surface area contributed by atoms with Gasteiger partial charge in [0.1, 0.15) is 4.75 Å². The zero-order chi connectivity index (χ0) is 5.28. The quantitative estimate of drug-likeness (QED) is 0.494. The molecule has 1 aromatic rings. The van der Waals surface area contributed by atoms with Crippen molar-refractivity contribution in [1.29, 1.82) is 0 Å². The van der Waals surface area contributed by atoms with Crippen molar-refractivity contribution in [2.24, 2.45) is 0 Å². The van der Waals surface area contributed by atoms with E-state index in [4.69, 9.17) is 0 Å². The Labute approximate surface area is 61.1 Å². The predicted molar refractivity (Wildman–Crippen MR) is 42.0 cm³/mol. The van der Waals surface area contributed by atoms with Crippen LogP contribution in [0, 0.1) is 3.01 Å². The molecule has 0 aliphatic rings. The molecule has 0 bridgehead atoms. The summed E-state index contributed by atoms with van der Waals surface area (Å²) in [6, 6.07) is 0. The summed E-state index contributed by atoms with van der Waals surface area (Å²) in [6.45, 7) is 0. The average molecular weight is 244 g/mol. The highest BCUT2D eigenvalue weighted by Crippen LogP contribution is 2.04. The van der Waals surface area contributed by atoms with Crippen LogP contribution in [0.5, 0.6) is 0 Å². The van der Waals surface area contributed by atoms with Gasteiger partial charge in [-0.1, -0.05) is 20.6 Å². The Morgan fingerprint density at radius 1 is 1.57 bits per heavy atom. The summed E-state index contributed by atoms with van der Waals surface area (Å²) < 4.78 is 1.94. The van der Waals surface area contributed by atoms with E-state index in [0.29, 0.717) is 0 Å². The van der Waals surface area contributed by atoms with Crippen molar-refractivity contribution in [2.75, 3.05) is 0 Å². The van der Waals surface area contributed by atoms with Crippen molar-refractivity contribution in [3.8, 4) is 0 Å². The van der Waals surface area contributed by atoms with E-state index < -0.39 is 0 Å². The lowest BCUT2D eigenvalue weighted by Crippen LogP contribution is -1.83. The van der Waals surface area contributed by atoms with Crippen LogP contribution < -0.4 is 4.75 Å². The van der Waals surface area contributed by atoms with Gasteiger partial charge in [-0.3, -0.25) is 0 Å². The molecule has 5 heteroatoms. The van der Waals surface area contributed by atoms with Gasteiger partial charge in [-0.05, 0) is 22.6 Å². The molecule has 2 nitrogen and oxygen atoms in total.